The van der Waals surface area contributed by atoms with Gasteiger partial charge in [-0.2, -0.15) is 5.26 Å². The van der Waals surface area contributed by atoms with E-state index in [1.165, 1.54) is 6.07 Å². The van der Waals surface area contributed by atoms with Gasteiger partial charge in [-0.15, -0.1) is 0 Å². The lowest BCUT2D eigenvalue weighted by atomic mass is 10.1. The van der Waals surface area contributed by atoms with E-state index < -0.39 is 5.91 Å². The molecule has 0 spiro atoms. The van der Waals surface area contributed by atoms with E-state index in [1.807, 2.05) is 6.92 Å². The molecule has 0 aliphatic carbocycles. The number of carbonyl (C=O) groups excluding carboxylic acids is 2. The average molecular weight is 370 g/mol. The molecule has 0 saturated carbocycles. The molecule has 1 aromatic carbocycles. The van der Waals surface area contributed by atoms with E-state index in [4.69, 9.17) is 10.5 Å². The molecule has 7 nitrogen and oxygen atoms in total. The second-order valence-corrected chi connectivity index (χ2v) is 6.36. The van der Waals surface area contributed by atoms with Crippen molar-refractivity contribution in [3.05, 3.63) is 52.7 Å². The van der Waals surface area contributed by atoms with Gasteiger partial charge in [0.25, 0.3) is 5.91 Å². The van der Waals surface area contributed by atoms with Gasteiger partial charge in [-0.25, -0.2) is 4.98 Å². The van der Waals surface area contributed by atoms with Gasteiger partial charge in [-0.3, -0.25) is 9.59 Å². The van der Waals surface area contributed by atoms with Crippen LogP contribution in [0.25, 0.3) is 0 Å². The van der Waals surface area contributed by atoms with E-state index >= 15 is 0 Å². The van der Waals surface area contributed by atoms with E-state index in [0.717, 1.165) is 23.0 Å². The SMILES string of the molecule is COCc1cc(C)nc(SCC(=O)Nc2ccccc2C(N)=O)c1C#N. The van der Waals surface area contributed by atoms with Crippen molar-refractivity contribution in [2.24, 2.45) is 5.73 Å². The van der Waals surface area contributed by atoms with Crippen LogP contribution in [0.2, 0.25) is 0 Å². The molecule has 0 atom stereocenters. The Morgan fingerprint density at radius 1 is 1.38 bits per heavy atom. The highest BCUT2D eigenvalue weighted by Gasteiger charge is 2.15. The first-order valence-corrected chi connectivity index (χ1v) is 8.65. The molecule has 2 amide bonds. The Hall–Kier alpha value is -2.89. The van der Waals surface area contributed by atoms with Crippen LogP contribution in [-0.4, -0.2) is 29.7 Å². The highest BCUT2D eigenvalue weighted by atomic mass is 32.2. The molecule has 134 valence electrons. The lowest BCUT2D eigenvalue weighted by Gasteiger charge is -2.11. The number of carbonyl (C=O) groups is 2. The third-order valence-electron chi connectivity index (χ3n) is 3.41. The number of pyridine rings is 1. The van der Waals surface area contributed by atoms with Crippen LogP contribution < -0.4 is 11.1 Å². The molecule has 0 radical (unpaired) electrons. The molecule has 2 aromatic rings. The summed E-state index contributed by atoms with van der Waals surface area (Å²) in [7, 11) is 1.55. The third kappa shape index (κ3) is 4.81. The Labute approximate surface area is 155 Å². The second-order valence-electron chi connectivity index (χ2n) is 5.39. The molecule has 0 bridgehead atoms. The van der Waals surface area contributed by atoms with Gasteiger partial charge < -0.3 is 15.8 Å². The zero-order chi connectivity index (χ0) is 19.1. The summed E-state index contributed by atoms with van der Waals surface area (Å²) in [5.74, 6) is -0.918. The highest BCUT2D eigenvalue weighted by Crippen LogP contribution is 2.25. The number of nitrogens with zero attached hydrogens (tertiary/aromatic N) is 2. The number of nitrogens with one attached hydrogen (secondary N) is 1. The molecule has 26 heavy (non-hydrogen) atoms. The van der Waals surface area contributed by atoms with Gasteiger partial charge in [0.05, 0.1) is 29.2 Å². The number of ether oxygens (including phenoxy) is 1. The maximum absolute atomic E-state index is 12.2. The number of aromatic nitrogens is 1. The number of para-hydroxylation sites is 1. The molecule has 2 rings (SSSR count). The monoisotopic (exact) mass is 370 g/mol. The molecule has 0 fully saturated rings. The summed E-state index contributed by atoms with van der Waals surface area (Å²) in [6.45, 7) is 2.10. The van der Waals surface area contributed by atoms with Crippen molar-refractivity contribution in [1.29, 1.82) is 5.26 Å². The summed E-state index contributed by atoms with van der Waals surface area (Å²) in [6, 6.07) is 10.4. The van der Waals surface area contributed by atoms with Crippen molar-refractivity contribution >= 4 is 29.3 Å². The smallest absolute Gasteiger partial charge is 0.250 e. The fourth-order valence-electron chi connectivity index (χ4n) is 2.33. The lowest BCUT2D eigenvalue weighted by Crippen LogP contribution is -2.19. The normalized spacial score (nSPS) is 10.2. The van der Waals surface area contributed by atoms with E-state index in [2.05, 4.69) is 16.4 Å². The predicted octanol–water partition coefficient (Wildman–Crippen LogP) is 2.24. The number of nitrogens with two attached hydrogens (primary N) is 1. The van der Waals surface area contributed by atoms with Crippen LogP contribution in [0.15, 0.2) is 35.4 Å². The summed E-state index contributed by atoms with van der Waals surface area (Å²) in [6.07, 6.45) is 0. The van der Waals surface area contributed by atoms with Crippen molar-refractivity contribution in [3.63, 3.8) is 0 Å². The molecule has 3 N–H and O–H groups in total. The molecule has 0 unspecified atom stereocenters. The largest absolute Gasteiger partial charge is 0.380 e. The highest BCUT2D eigenvalue weighted by molar-refractivity contribution is 8.00. The topological polar surface area (TPSA) is 118 Å². The average Bonchev–Trinajstić information content (AvgIpc) is 2.60. The summed E-state index contributed by atoms with van der Waals surface area (Å²) >= 11 is 1.15. The zero-order valence-corrected chi connectivity index (χ0v) is 15.2. The molecule has 0 aliphatic rings. The van der Waals surface area contributed by atoms with Crippen molar-refractivity contribution in [2.45, 2.75) is 18.6 Å². The summed E-state index contributed by atoms with van der Waals surface area (Å²) in [4.78, 5) is 28.0. The third-order valence-corrected chi connectivity index (χ3v) is 4.39. The molecule has 0 saturated heterocycles. The fraction of sp³-hybridized carbons (Fsp3) is 0.222. The minimum absolute atomic E-state index is 0.0324. The van der Waals surface area contributed by atoms with Gasteiger partial charge in [0.15, 0.2) is 0 Å². The van der Waals surface area contributed by atoms with Crippen molar-refractivity contribution in [2.75, 3.05) is 18.2 Å². The Morgan fingerprint density at radius 2 is 2.12 bits per heavy atom. The van der Waals surface area contributed by atoms with E-state index in [-0.39, 0.29) is 23.8 Å². The second kappa shape index (κ2) is 8.99. The minimum atomic E-state index is -0.620. The molecular weight excluding hydrogens is 352 g/mol. The maximum Gasteiger partial charge on any atom is 0.250 e. The Balaban J connectivity index is 2.13. The van der Waals surface area contributed by atoms with Crippen LogP contribution in [0.1, 0.15) is 27.2 Å². The van der Waals surface area contributed by atoms with E-state index in [1.54, 1.807) is 31.4 Å². The number of anilines is 1. The van der Waals surface area contributed by atoms with Crippen LogP contribution in [0, 0.1) is 18.3 Å². The number of hydrogen-bond donors (Lipinski definition) is 2. The van der Waals surface area contributed by atoms with Crippen molar-refractivity contribution in [3.8, 4) is 6.07 Å². The lowest BCUT2D eigenvalue weighted by molar-refractivity contribution is -0.113. The van der Waals surface area contributed by atoms with Gasteiger partial charge in [-0.1, -0.05) is 23.9 Å². The van der Waals surface area contributed by atoms with Gasteiger partial charge in [0.2, 0.25) is 5.91 Å². The molecule has 1 aromatic heterocycles. The first kappa shape index (κ1) is 19.4. The molecule has 1 heterocycles. The number of aryl methyl sites for hydroxylation is 1. The number of primary amides is 1. The molecule has 8 heteroatoms. The van der Waals surface area contributed by atoms with Gasteiger partial charge in [0.1, 0.15) is 11.1 Å². The fourth-order valence-corrected chi connectivity index (χ4v) is 3.20. The Bertz CT molecular complexity index is 877. The zero-order valence-electron chi connectivity index (χ0n) is 14.4. The van der Waals surface area contributed by atoms with Gasteiger partial charge >= 0.3 is 0 Å². The summed E-state index contributed by atoms with van der Waals surface area (Å²) in [5, 5.41) is 12.5. The number of nitriles is 1. The van der Waals surface area contributed by atoms with Crippen LogP contribution in [-0.2, 0) is 16.1 Å². The number of methoxy groups -OCH3 is 1. The first-order chi connectivity index (χ1) is 12.5. The van der Waals surface area contributed by atoms with Crippen molar-refractivity contribution in [1.82, 2.24) is 4.98 Å². The Kier molecular flexibility index (Phi) is 6.72. The van der Waals surface area contributed by atoms with Crippen LogP contribution >= 0.6 is 11.8 Å². The van der Waals surface area contributed by atoms with Crippen LogP contribution in [0.3, 0.4) is 0 Å². The van der Waals surface area contributed by atoms with Gasteiger partial charge in [0, 0.05) is 12.8 Å². The summed E-state index contributed by atoms with van der Waals surface area (Å²) in [5.41, 5.74) is 7.74. The number of thioether (sulfide) groups is 1. The number of hydrogen-bond acceptors (Lipinski definition) is 6. The molecule has 0 aliphatic heterocycles. The Morgan fingerprint density at radius 3 is 2.77 bits per heavy atom. The van der Waals surface area contributed by atoms with Gasteiger partial charge in [-0.05, 0) is 30.7 Å². The standard InChI is InChI=1S/C18H18N4O3S/c1-11-7-12(9-25-2)14(8-19)18(21-11)26-10-16(23)22-15-6-4-3-5-13(15)17(20)24/h3-7H,9-10H2,1-2H3,(H2,20,24)(H,22,23). The molecular formula is C18H18N4O3S. The van der Waals surface area contributed by atoms with E-state index in [9.17, 15) is 14.9 Å². The predicted molar refractivity (Wildman–Crippen MR) is 98.7 cm³/mol. The number of amides is 2. The van der Waals surface area contributed by atoms with Crippen LogP contribution in [0.5, 0.6) is 0 Å². The quantitative estimate of drug-likeness (QED) is 0.722. The van der Waals surface area contributed by atoms with Crippen LogP contribution in [0.4, 0.5) is 5.69 Å². The number of rotatable bonds is 7. The maximum atomic E-state index is 12.2. The first-order valence-electron chi connectivity index (χ1n) is 7.67. The number of benzene rings is 1. The van der Waals surface area contributed by atoms with E-state index in [0.29, 0.717) is 16.3 Å². The van der Waals surface area contributed by atoms with Crippen molar-refractivity contribution < 1.29 is 14.3 Å². The summed E-state index contributed by atoms with van der Waals surface area (Å²) < 4.78 is 5.11. The minimum Gasteiger partial charge on any atom is -0.380 e.